The van der Waals surface area contributed by atoms with Gasteiger partial charge in [0.1, 0.15) is 0 Å². The minimum Gasteiger partial charge on any atom is -0.305 e. The normalized spacial score (nSPS) is 22.6. The molecule has 1 atom stereocenters. The fourth-order valence-electron chi connectivity index (χ4n) is 2.46. The average molecular weight is 228 g/mol. The first-order valence-electron chi connectivity index (χ1n) is 5.77. The molecule has 1 heterocycles. The zero-order chi connectivity index (χ0) is 12.6. The highest BCUT2D eigenvalue weighted by atomic mass is 16.2. The van der Waals surface area contributed by atoms with Gasteiger partial charge in [-0.1, -0.05) is 18.2 Å². The third kappa shape index (κ3) is 1.70. The highest BCUT2D eigenvalue weighted by Gasteiger charge is 2.47. The number of hydrogen-bond donors (Lipinski definition) is 0. The molecule has 0 radical (unpaired) electrons. The summed E-state index contributed by atoms with van der Waals surface area (Å²) < 4.78 is 0. The van der Waals surface area contributed by atoms with Crippen molar-refractivity contribution < 1.29 is 4.79 Å². The van der Waals surface area contributed by atoms with E-state index in [9.17, 15) is 4.79 Å². The van der Waals surface area contributed by atoms with Crippen LogP contribution < -0.4 is 4.90 Å². The number of hydrogen-bond acceptors (Lipinski definition) is 2. The fraction of sp³-hybridized carbons (Fsp3) is 0.429. The predicted molar refractivity (Wildman–Crippen MR) is 66.5 cm³/mol. The molecule has 3 heteroatoms. The third-order valence-corrected chi connectivity index (χ3v) is 3.57. The van der Waals surface area contributed by atoms with Gasteiger partial charge in [0.25, 0.3) is 0 Å². The summed E-state index contributed by atoms with van der Waals surface area (Å²) in [4.78, 5) is 13.9. The second-order valence-electron chi connectivity index (χ2n) is 5.06. The van der Waals surface area contributed by atoms with Crippen LogP contribution in [0, 0.1) is 24.2 Å². The zero-order valence-electron chi connectivity index (χ0n) is 10.4. The van der Waals surface area contributed by atoms with E-state index in [2.05, 4.69) is 6.07 Å². The van der Waals surface area contributed by atoms with Crippen LogP contribution in [0.4, 0.5) is 5.69 Å². The van der Waals surface area contributed by atoms with E-state index in [4.69, 9.17) is 5.26 Å². The maximum atomic E-state index is 12.1. The molecule has 0 N–H and O–H groups in total. The molecule has 88 valence electrons. The lowest BCUT2D eigenvalue weighted by Gasteiger charge is -2.34. The van der Waals surface area contributed by atoms with Gasteiger partial charge in [-0.25, -0.2) is 0 Å². The molecular formula is C14H16N2O. The predicted octanol–water partition coefficient (Wildman–Crippen LogP) is 2.65. The topological polar surface area (TPSA) is 44.1 Å². The Balaban J connectivity index is 2.50. The van der Waals surface area contributed by atoms with Gasteiger partial charge in [-0.3, -0.25) is 4.79 Å². The van der Waals surface area contributed by atoms with Crippen molar-refractivity contribution in [2.75, 3.05) is 4.90 Å². The molecule has 1 amide bonds. The molecule has 0 aliphatic carbocycles. The number of nitrogens with zero attached hydrogens (tertiary/aromatic N) is 2. The fourth-order valence-corrected chi connectivity index (χ4v) is 2.46. The van der Waals surface area contributed by atoms with E-state index in [0.29, 0.717) is 6.42 Å². The van der Waals surface area contributed by atoms with E-state index in [1.54, 1.807) is 4.90 Å². The Kier molecular flexibility index (Phi) is 2.66. The van der Waals surface area contributed by atoms with Crippen LogP contribution >= 0.6 is 0 Å². The molecule has 1 aromatic carbocycles. The Labute approximate surface area is 102 Å². The Hall–Kier alpha value is -1.82. The van der Waals surface area contributed by atoms with E-state index in [1.165, 1.54) is 0 Å². The number of benzene rings is 1. The lowest BCUT2D eigenvalue weighted by molar-refractivity contribution is -0.117. The number of carbonyl (C=O) groups excluding carboxylic acids is 1. The summed E-state index contributed by atoms with van der Waals surface area (Å²) in [5.41, 5.74) is 1.55. The Bertz CT molecular complexity index is 499. The van der Waals surface area contributed by atoms with Crippen LogP contribution in [0.25, 0.3) is 0 Å². The van der Waals surface area contributed by atoms with Crippen LogP contribution in [-0.4, -0.2) is 11.4 Å². The first-order chi connectivity index (χ1) is 7.98. The Morgan fingerprint density at radius 3 is 2.59 bits per heavy atom. The molecule has 2 rings (SSSR count). The third-order valence-electron chi connectivity index (χ3n) is 3.57. The molecule has 0 saturated carbocycles. The van der Waals surface area contributed by atoms with Crippen molar-refractivity contribution in [2.45, 2.75) is 32.7 Å². The summed E-state index contributed by atoms with van der Waals surface area (Å²) in [5, 5.41) is 9.12. The van der Waals surface area contributed by atoms with Crippen LogP contribution in [-0.2, 0) is 4.79 Å². The van der Waals surface area contributed by atoms with Crippen molar-refractivity contribution in [1.29, 1.82) is 5.26 Å². The van der Waals surface area contributed by atoms with Crippen LogP contribution in [0.2, 0.25) is 0 Å². The van der Waals surface area contributed by atoms with Gasteiger partial charge < -0.3 is 4.90 Å². The first kappa shape index (κ1) is 11.7. The van der Waals surface area contributed by atoms with Gasteiger partial charge in [0, 0.05) is 12.1 Å². The molecule has 1 aromatic rings. The van der Waals surface area contributed by atoms with Gasteiger partial charge in [-0.15, -0.1) is 0 Å². The van der Waals surface area contributed by atoms with Crippen LogP contribution in [0.3, 0.4) is 0 Å². The number of anilines is 1. The molecule has 0 spiro atoms. The van der Waals surface area contributed by atoms with Gasteiger partial charge in [-0.05, 0) is 32.4 Å². The van der Waals surface area contributed by atoms with Crippen molar-refractivity contribution >= 4 is 11.6 Å². The second-order valence-corrected chi connectivity index (χ2v) is 5.06. The van der Waals surface area contributed by atoms with E-state index >= 15 is 0 Å². The summed E-state index contributed by atoms with van der Waals surface area (Å²) >= 11 is 0. The molecule has 1 aliphatic heterocycles. The Morgan fingerprint density at radius 2 is 2.06 bits per heavy atom. The zero-order valence-corrected chi connectivity index (χ0v) is 10.4. The van der Waals surface area contributed by atoms with Gasteiger partial charge in [0.15, 0.2) is 0 Å². The van der Waals surface area contributed by atoms with Crippen LogP contribution in [0.15, 0.2) is 24.3 Å². The lowest BCUT2D eigenvalue weighted by atomic mass is 9.89. The summed E-state index contributed by atoms with van der Waals surface area (Å²) in [6.45, 7) is 5.90. The number of aryl methyl sites for hydroxylation is 1. The number of amides is 1. The molecule has 3 nitrogen and oxygen atoms in total. The number of para-hydroxylation sites is 1. The minimum absolute atomic E-state index is 0.0378. The molecular weight excluding hydrogens is 212 g/mol. The molecule has 17 heavy (non-hydrogen) atoms. The number of rotatable bonds is 1. The molecule has 1 fully saturated rings. The summed E-state index contributed by atoms with van der Waals surface area (Å²) in [6, 6.07) is 10.0. The van der Waals surface area contributed by atoms with E-state index in [0.717, 1.165) is 11.3 Å². The van der Waals surface area contributed by atoms with Gasteiger partial charge in [0.2, 0.25) is 5.91 Å². The first-order valence-corrected chi connectivity index (χ1v) is 5.77. The van der Waals surface area contributed by atoms with Crippen LogP contribution in [0.1, 0.15) is 25.8 Å². The minimum atomic E-state index is -0.433. The highest BCUT2D eigenvalue weighted by Crippen LogP contribution is 2.39. The van der Waals surface area contributed by atoms with Gasteiger partial charge in [0.05, 0.1) is 17.5 Å². The maximum Gasteiger partial charge on any atom is 0.228 e. The lowest BCUT2D eigenvalue weighted by Crippen LogP contribution is -2.44. The van der Waals surface area contributed by atoms with E-state index in [1.807, 2.05) is 45.0 Å². The van der Waals surface area contributed by atoms with E-state index < -0.39 is 5.54 Å². The van der Waals surface area contributed by atoms with Crippen molar-refractivity contribution in [3.63, 3.8) is 0 Å². The van der Waals surface area contributed by atoms with Crippen molar-refractivity contribution in [1.82, 2.24) is 0 Å². The maximum absolute atomic E-state index is 12.1. The van der Waals surface area contributed by atoms with Crippen molar-refractivity contribution in [2.24, 2.45) is 5.92 Å². The Morgan fingerprint density at radius 1 is 1.41 bits per heavy atom. The molecule has 1 aliphatic rings. The van der Waals surface area contributed by atoms with Gasteiger partial charge >= 0.3 is 0 Å². The van der Waals surface area contributed by atoms with Crippen molar-refractivity contribution in [3.8, 4) is 6.07 Å². The smallest absolute Gasteiger partial charge is 0.228 e. The molecule has 0 bridgehead atoms. The van der Waals surface area contributed by atoms with Crippen LogP contribution in [0.5, 0.6) is 0 Å². The standard InChI is InChI=1S/C14H16N2O/c1-10-6-4-5-7-12(10)16-13(17)8-11(9-15)14(16,2)3/h4-7,11H,8H2,1-3H3. The average Bonchev–Trinajstić information content (AvgIpc) is 2.50. The number of carbonyl (C=O) groups is 1. The quantitative estimate of drug-likeness (QED) is 0.741. The van der Waals surface area contributed by atoms with Gasteiger partial charge in [-0.2, -0.15) is 5.26 Å². The van der Waals surface area contributed by atoms with Crippen molar-refractivity contribution in [3.05, 3.63) is 29.8 Å². The number of nitriles is 1. The summed E-state index contributed by atoms with van der Waals surface area (Å²) in [7, 11) is 0. The van der Waals surface area contributed by atoms with E-state index in [-0.39, 0.29) is 11.8 Å². The second kappa shape index (κ2) is 3.89. The highest BCUT2D eigenvalue weighted by molar-refractivity contribution is 5.98. The largest absolute Gasteiger partial charge is 0.305 e. The summed E-state index contributed by atoms with van der Waals surface area (Å²) in [6.07, 6.45) is 0.317. The molecule has 1 unspecified atom stereocenters. The molecule has 0 aromatic heterocycles. The summed E-state index contributed by atoms with van der Waals surface area (Å²) in [5.74, 6) is -0.203. The SMILES string of the molecule is Cc1ccccc1N1C(=O)CC(C#N)C1(C)C. The molecule has 1 saturated heterocycles. The monoisotopic (exact) mass is 228 g/mol.